The molecule has 5 rings (SSSR count). The van der Waals surface area contributed by atoms with Crippen molar-refractivity contribution in [2.24, 2.45) is 0 Å². The van der Waals surface area contributed by atoms with Crippen LogP contribution in [-0.4, -0.2) is 24.9 Å². The molecule has 1 atom stereocenters. The van der Waals surface area contributed by atoms with Gasteiger partial charge in [-0.05, 0) is 36.6 Å². The monoisotopic (exact) mass is 390 g/mol. The Morgan fingerprint density at radius 3 is 2.93 bits per heavy atom. The highest BCUT2D eigenvalue weighted by atomic mass is 32.1. The molecular formula is C20H15FN6S. The van der Waals surface area contributed by atoms with Crippen LogP contribution in [0.15, 0.2) is 54.4 Å². The lowest BCUT2D eigenvalue weighted by Gasteiger charge is -2.18. The van der Waals surface area contributed by atoms with Crippen LogP contribution in [0.4, 0.5) is 10.2 Å². The van der Waals surface area contributed by atoms with Gasteiger partial charge in [-0.1, -0.05) is 6.07 Å². The fraction of sp³-hybridized carbons (Fsp3) is 0.100. The van der Waals surface area contributed by atoms with Crippen molar-refractivity contribution in [2.45, 2.75) is 13.0 Å². The zero-order valence-corrected chi connectivity index (χ0v) is 15.7. The van der Waals surface area contributed by atoms with Gasteiger partial charge in [-0.3, -0.25) is 0 Å². The van der Waals surface area contributed by atoms with E-state index in [1.165, 1.54) is 18.5 Å². The largest absolute Gasteiger partial charge is 0.362 e. The van der Waals surface area contributed by atoms with Crippen LogP contribution < -0.4 is 5.32 Å². The first kappa shape index (κ1) is 16.8. The standard InChI is InChI=1S/C20H15FN6S/c1-11(26-20-18-19(23-9-22-18)24-10-25-20)14-7-12-4-5-13(21)8-15(12)27-17(14)16-3-2-6-28-16/h2-11H,1H3,(H2,22,23,24,25,26). The van der Waals surface area contributed by atoms with Crippen LogP contribution in [0.2, 0.25) is 0 Å². The number of aromatic nitrogens is 5. The van der Waals surface area contributed by atoms with Crippen molar-refractivity contribution in [1.82, 2.24) is 24.9 Å². The maximum atomic E-state index is 13.7. The second-order valence-corrected chi connectivity index (χ2v) is 7.38. The topological polar surface area (TPSA) is 79.4 Å². The van der Waals surface area contributed by atoms with Crippen molar-refractivity contribution < 1.29 is 4.39 Å². The molecule has 0 aliphatic rings. The SMILES string of the molecule is CC(Nc1ncnc2nc[nH]c12)c1cc2ccc(F)cc2nc1-c1cccs1. The van der Waals surface area contributed by atoms with Gasteiger partial charge in [-0.25, -0.2) is 24.3 Å². The number of pyridine rings is 1. The molecule has 138 valence electrons. The predicted molar refractivity (Wildman–Crippen MR) is 109 cm³/mol. The van der Waals surface area contributed by atoms with Crippen molar-refractivity contribution in [1.29, 1.82) is 0 Å². The number of halogens is 1. The van der Waals surface area contributed by atoms with Crippen LogP contribution in [0.1, 0.15) is 18.5 Å². The summed E-state index contributed by atoms with van der Waals surface area (Å²) in [6.07, 6.45) is 3.08. The summed E-state index contributed by atoms with van der Waals surface area (Å²) >= 11 is 1.60. The number of hydrogen-bond acceptors (Lipinski definition) is 6. The molecule has 0 aliphatic carbocycles. The average molecular weight is 390 g/mol. The molecule has 0 saturated heterocycles. The van der Waals surface area contributed by atoms with Gasteiger partial charge in [0.1, 0.15) is 17.7 Å². The zero-order valence-electron chi connectivity index (χ0n) is 14.8. The Morgan fingerprint density at radius 1 is 1.14 bits per heavy atom. The Balaban J connectivity index is 1.63. The molecule has 1 aromatic carbocycles. The normalized spacial score (nSPS) is 12.5. The van der Waals surface area contributed by atoms with Gasteiger partial charge in [0.25, 0.3) is 0 Å². The minimum Gasteiger partial charge on any atom is -0.362 e. The first-order chi connectivity index (χ1) is 13.7. The van der Waals surface area contributed by atoms with Crippen molar-refractivity contribution in [3.05, 3.63) is 65.8 Å². The molecule has 0 amide bonds. The van der Waals surface area contributed by atoms with Crippen LogP contribution >= 0.6 is 11.3 Å². The highest BCUT2D eigenvalue weighted by Gasteiger charge is 2.18. The smallest absolute Gasteiger partial charge is 0.182 e. The number of nitrogens with one attached hydrogen (secondary N) is 2. The summed E-state index contributed by atoms with van der Waals surface area (Å²) in [4.78, 5) is 21.5. The fourth-order valence-electron chi connectivity index (χ4n) is 3.25. The van der Waals surface area contributed by atoms with Crippen LogP contribution in [0.5, 0.6) is 0 Å². The Morgan fingerprint density at radius 2 is 2.07 bits per heavy atom. The van der Waals surface area contributed by atoms with Gasteiger partial charge in [0.05, 0.1) is 28.5 Å². The maximum Gasteiger partial charge on any atom is 0.182 e. The summed E-state index contributed by atoms with van der Waals surface area (Å²) in [5, 5.41) is 6.33. The summed E-state index contributed by atoms with van der Waals surface area (Å²) in [6.45, 7) is 2.05. The van der Waals surface area contributed by atoms with Gasteiger partial charge in [0.2, 0.25) is 0 Å². The minimum absolute atomic E-state index is 0.0968. The van der Waals surface area contributed by atoms with E-state index in [0.29, 0.717) is 17.0 Å². The molecule has 8 heteroatoms. The van der Waals surface area contributed by atoms with Crippen LogP contribution in [0, 0.1) is 5.82 Å². The lowest BCUT2D eigenvalue weighted by atomic mass is 10.0. The number of benzene rings is 1. The van der Waals surface area contributed by atoms with Crippen molar-refractivity contribution in [3.63, 3.8) is 0 Å². The predicted octanol–water partition coefficient (Wildman–Crippen LogP) is 4.94. The molecule has 2 N–H and O–H groups in total. The van der Waals surface area contributed by atoms with Gasteiger partial charge >= 0.3 is 0 Å². The van der Waals surface area contributed by atoms with E-state index in [9.17, 15) is 4.39 Å². The molecule has 6 nitrogen and oxygen atoms in total. The van der Waals surface area contributed by atoms with E-state index >= 15 is 0 Å². The maximum absolute atomic E-state index is 13.7. The molecule has 1 unspecified atom stereocenters. The van der Waals surface area contributed by atoms with Crippen LogP contribution in [0.25, 0.3) is 32.6 Å². The molecule has 0 spiro atoms. The summed E-state index contributed by atoms with van der Waals surface area (Å²) in [5.74, 6) is 0.380. The summed E-state index contributed by atoms with van der Waals surface area (Å²) in [6, 6.07) is 10.6. The third-order valence-corrected chi connectivity index (χ3v) is 5.48. The van der Waals surface area contributed by atoms with Gasteiger partial charge in [0.15, 0.2) is 11.5 Å². The summed E-state index contributed by atoms with van der Waals surface area (Å²) in [7, 11) is 0. The third kappa shape index (κ3) is 2.87. The van der Waals surface area contributed by atoms with Crippen molar-refractivity contribution in [2.75, 3.05) is 5.32 Å². The number of H-pyrrole nitrogens is 1. The van der Waals surface area contributed by atoms with Gasteiger partial charge in [-0.2, -0.15) is 0 Å². The van der Waals surface area contributed by atoms with E-state index in [1.807, 2.05) is 24.4 Å². The number of nitrogens with zero attached hydrogens (tertiary/aromatic N) is 4. The van der Waals surface area contributed by atoms with Gasteiger partial charge in [0, 0.05) is 17.0 Å². The van der Waals surface area contributed by atoms with E-state index in [4.69, 9.17) is 4.98 Å². The second-order valence-electron chi connectivity index (χ2n) is 6.43. The Labute approximate surface area is 163 Å². The first-order valence-electron chi connectivity index (χ1n) is 8.74. The molecule has 0 bridgehead atoms. The number of hydrogen-bond donors (Lipinski definition) is 2. The van der Waals surface area contributed by atoms with Crippen molar-refractivity contribution in [3.8, 4) is 10.6 Å². The molecule has 5 aromatic rings. The molecule has 0 radical (unpaired) electrons. The highest BCUT2D eigenvalue weighted by molar-refractivity contribution is 7.13. The molecule has 0 fully saturated rings. The molecule has 4 heterocycles. The average Bonchev–Trinajstić information content (AvgIpc) is 3.39. The second kappa shape index (κ2) is 6.65. The quantitative estimate of drug-likeness (QED) is 0.454. The van der Waals surface area contributed by atoms with E-state index in [-0.39, 0.29) is 11.9 Å². The lowest BCUT2D eigenvalue weighted by molar-refractivity contribution is 0.629. The van der Waals surface area contributed by atoms with E-state index < -0.39 is 0 Å². The number of imidazole rings is 1. The number of thiophene rings is 1. The van der Waals surface area contributed by atoms with E-state index in [2.05, 4.69) is 31.3 Å². The van der Waals surface area contributed by atoms with Crippen molar-refractivity contribution >= 4 is 39.2 Å². The van der Waals surface area contributed by atoms with E-state index in [1.54, 1.807) is 23.7 Å². The van der Waals surface area contributed by atoms with Gasteiger partial charge in [-0.15, -0.1) is 11.3 Å². The van der Waals surface area contributed by atoms with Crippen LogP contribution in [0.3, 0.4) is 0 Å². The molecular weight excluding hydrogens is 375 g/mol. The Bertz CT molecular complexity index is 1280. The summed E-state index contributed by atoms with van der Waals surface area (Å²) in [5.41, 5.74) is 3.84. The van der Waals surface area contributed by atoms with Crippen LogP contribution in [-0.2, 0) is 0 Å². The number of rotatable bonds is 4. The highest BCUT2D eigenvalue weighted by Crippen LogP contribution is 2.34. The van der Waals surface area contributed by atoms with Gasteiger partial charge < -0.3 is 10.3 Å². The molecule has 0 aliphatic heterocycles. The lowest BCUT2D eigenvalue weighted by Crippen LogP contribution is -2.11. The summed E-state index contributed by atoms with van der Waals surface area (Å²) < 4.78 is 13.7. The minimum atomic E-state index is -0.293. The zero-order chi connectivity index (χ0) is 19.1. The number of aromatic amines is 1. The fourth-order valence-corrected chi connectivity index (χ4v) is 3.99. The molecule has 4 aromatic heterocycles. The molecule has 0 saturated carbocycles. The Kier molecular flexibility index (Phi) is 3.98. The first-order valence-corrected chi connectivity index (χ1v) is 9.62. The number of anilines is 1. The Hall–Kier alpha value is -3.39. The molecule has 28 heavy (non-hydrogen) atoms. The van der Waals surface area contributed by atoms with E-state index in [0.717, 1.165) is 27.0 Å². The third-order valence-electron chi connectivity index (χ3n) is 4.61. The number of fused-ring (bicyclic) bond motifs is 2.